The number of nitrogens with one attached hydrogen (secondary N) is 1. The number of aryl methyl sites for hydroxylation is 3. The maximum Gasteiger partial charge on any atom is 0.253 e. The van der Waals surface area contributed by atoms with Crippen molar-refractivity contribution in [3.05, 3.63) is 80.6 Å². The van der Waals surface area contributed by atoms with Crippen LogP contribution in [0, 0.1) is 20.8 Å². The number of rotatable bonds is 4. The van der Waals surface area contributed by atoms with Crippen LogP contribution >= 0.6 is 0 Å². The number of amides is 1. The van der Waals surface area contributed by atoms with Gasteiger partial charge >= 0.3 is 0 Å². The second-order valence-corrected chi connectivity index (χ2v) is 6.97. The Hall–Kier alpha value is -2.88. The van der Waals surface area contributed by atoms with Crippen LogP contribution in [0.25, 0.3) is 10.9 Å². The highest BCUT2D eigenvalue weighted by Crippen LogP contribution is 2.20. The van der Waals surface area contributed by atoms with E-state index in [1.165, 1.54) is 5.56 Å². The maximum atomic E-state index is 12.6. The molecule has 0 saturated carbocycles. The van der Waals surface area contributed by atoms with E-state index >= 15 is 0 Å². The van der Waals surface area contributed by atoms with Gasteiger partial charge in [0.05, 0.1) is 12.1 Å². The third-order valence-electron chi connectivity index (χ3n) is 4.82. The summed E-state index contributed by atoms with van der Waals surface area (Å²) < 4.78 is 0. The van der Waals surface area contributed by atoms with E-state index in [0.717, 1.165) is 27.6 Å². The van der Waals surface area contributed by atoms with E-state index in [4.69, 9.17) is 0 Å². The lowest BCUT2D eigenvalue weighted by Crippen LogP contribution is -2.30. The number of aromatic amines is 1. The van der Waals surface area contributed by atoms with Gasteiger partial charge in [-0.3, -0.25) is 9.59 Å². The van der Waals surface area contributed by atoms with E-state index < -0.39 is 0 Å². The molecule has 0 fully saturated rings. The highest BCUT2D eigenvalue weighted by Gasteiger charge is 2.14. The molecule has 4 heteroatoms. The van der Waals surface area contributed by atoms with Gasteiger partial charge in [0.15, 0.2) is 0 Å². The second-order valence-electron chi connectivity index (χ2n) is 6.97. The highest BCUT2D eigenvalue weighted by molar-refractivity contribution is 5.85. The van der Waals surface area contributed by atoms with Gasteiger partial charge in [-0.25, -0.2) is 0 Å². The van der Waals surface area contributed by atoms with Crippen LogP contribution in [0.3, 0.4) is 0 Å². The van der Waals surface area contributed by atoms with Crippen molar-refractivity contribution >= 4 is 16.8 Å². The Labute approximate surface area is 153 Å². The molecule has 0 atom stereocenters. The predicted molar refractivity (Wildman–Crippen MR) is 105 cm³/mol. The summed E-state index contributed by atoms with van der Waals surface area (Å²) in [6.07, 6.45) is 0. The second kappa shape index (κ2) is 7.16. The maximum absolute atomic E-state index is 12.6. The fraction of sp³-hybridized carbons (Fsp3) is 0.273. The van der Waals surface area contributed by atoms with Gasteiger partial charge in [-0.05, 0) is 43.5 Å². The minimum atomic E-state index is -0.138. The first kappa shape index (κ1) is 17.9. The van der Waals surface area contributed by atoms with Gasteiger partial charge in [-0.2, -0.15) is 0 Å². The SMILES string of the molecule is CC(=O)N(Cc1ccc(C)cc1)Cc1cc2c(C)ccc(C)c2[nH]c1=O. The van der Waals surface area contributed by atoms with E-state index in [1.807, 2.05) is 57.2 Å². The molecule has 0 bridgehead atoms. The molecule has 0 spiro atoms. The number of hydrogen-bond acceptors (Lipinski definition) is 2. The molecule has 1 amide bonds. The normalized spacial score (nSPS) is 10.9. The van der Waals surface area contributed by atoms with Crippen molar-refractivity contribution < 1.29 is 4.79 Å². The minimum Gasteiger partial charge on any atom is -0.334 e. The molecule has 1 aromatic heterocycles. The number of pyridine rings is 1. The standard InChI is InChI=1S/C22H24N2O2/c1-14-5-9-18(10-6-14)12-24(17(4)25)13-19-11-20-15(2)7-8-16(3)21(20)23-22(19)26/h5-11H,12-13H2,1-4H3,(H,23,26). The quantitative estimate of drug-likeness (QED) is 0.775. The number of H-pyrrole nitrogens is 1. The van der Waals surface area contributed by atoms with E-state index in [2.05, 4.69) is 11.1 Å². The molecule has 0 aliphatic rings. The van der Waals surface area contributed by atoms with Crippen LogP contribution in [0.4, 0.5) is 0 Å². The van der Waals surface area contributed by atoms with Crippen molar-refractivity contribution in [3.8, 4) is 0 Å². The van der Waals surface area contributed by atoms with Gasteiger partial charge in [0.25, 0.3) is 5.56 Å². The van der Waals surface area contributed by atoms with E-state index in [1.54, 1.807) is 11.8 Å². The molecule has 26 heavy (non-hydrogen) atoms. The third kappa shape index (κ3) is 3.69. The van der Waals surface area contributed by atoms with Gasteiger partial charge in [0, 0.05) is 24.4 Å². The number of aromatic nitrogens is 1. The summed E-state index contributed by atoms with van der Waals surface area (Å²) in [5.41, 5.74) is 5.71. The number of carbonyl (C=O) groups excluding carboxylic acids is 1. The largest absolute Gasteiger partial charge is 0.334 e. The molecule has 2 aromatic carbocycles. The summed E-state index contributed by atoms with van der Waals surface area (Å²) in [6.45, 7) is 8.36. The van der Waals surface area contributed by atoms with Crippen LogP contribution in [-0.2, 0) is 17.9 Å². The molecule has 3 rings (SSSR count). The van der Waals surface area contributed by atoms with Gasteiger partial charge in [0.2, 0.25) is 5.91 Å². The topological polar surface area (TPSA) is 53.2 Å². The van der Waals surface area contributed by atoms with Crippen molar-refractivity contribution in [3.63, 3.8) is 0 Å². The van der Waals surface area contributed by atoms with Crippen LogP contribution in [0.15, 0.2) is 47.3 Å². The van der Waals surface area contributed by atoms with E-state index in [0.29, 0.717) is 18.7 Å². The van der Waals surface area contributed by atoms with Gasteiger partial charge in [-0.1, -0.05) is 42.0 Å². The zero-order chi connectivity index (χ0) is 18.8. The van der Waals surface area contributed by atoms with Crippen molar-refractivity contribution in [2.45, 2.75) is 40.8 Å². The van der Waals surface area contributed by atoms with Gasteiger partial charge in [-0.15, -0.1) is 0 Å². The molecule has 0 aliphatic carbocycles. The molecule has 4 nitrogen and oxygen atoms in total. The lowest BCUT2D eigenvalue weighted by molar-refractivity contribution is -0.130. The molecule has 0 saturated heterocycles. The lowest BCUT2D eigenvalue weighted by Gasteiger charge is -2.21. The molecule has 1 N–H and O–H groups in total. The first-order chi connectivity index (χ1) is 12.3. The van der Waals surface area contributed by atoms with Crippen molar-refractivity contribution in [1.29, 1.82) is 0 Å². The predicted octanol–water partition coefficient (Wildman–Crippen LogP) is 4.00. The average Bonchev–Trinajstić information content (AvgIpc) is 2.60. The van der Waals surface area contributed by atoms with Crippen LogP contribution in [-0.4, -0.2) is 15.8 Å². The number of fused-ring (bicyclic) bond motifs is 1. The summed E-state index contributed by atoms with van der Waals surface area (Å²) in [6, 6.07) is 14.1. The number of carbonyl (C=O) groups is 1. The third-order valence-corrected chi connectivity index (χ3v) is 4.82. The molecule has 0 aliphatic heterocycles. The number of benzene rings is 2. The zero-order valence-corrected chi connectivity index (χ0v) is 15.7. The first-order valence-electron chi connectivity index (χ1n) is 8.78. The molecule has 0 unspecified atom stereocenters. The Morgan fingerprint density at radius 1 is 0.962 bits per heavy atom. The van der Waals surface area contributed by atoms with Crippen molar-refractivity contribution in [2.24, 2.45) is 0 Å². The molecule has 134 valence electrons. The highest BCUT2D eigenvalue weighted by atomic mass is 16.2. The zero-order valence-electron chi connectivity index (χ0n) is 15.7. The number of hydrogen-bond donors (Lipinski definition) is 1. The molecular weight excluding hydrogens is 324 g/mol. The fourth-order valence-corrected chi connectivity index (χ4v) is 3.13. The van der Waals surface area contributed by atoms with Crippen LogP contribution in [0.1, 0.15) is 34.7 Å². The number of nitrogens with zero attached hydrogens (tertiary/aromatic N) is 1. The summed E-state index contributed by atoms with van der Waals surface area (Å²) in [4.78, 5) is 29.4. The summed E-state index contributed by atoms with van der Waals surface area (Å²) in [7, 11) is 0. The van der Waals surface area contributed by atoms with E-state index in [-0.39, 0.29) is 11.5 Å². The Kier molecular flexibility index (Phi) is 4.94. The van der Waals surface area contributed by atoms with Crippen LogP contribution < -0.4 is 5.56 Å². The molecular formula is C22H24N2O2. The Morgan fingerprint density at radius 2 is 1.62 bits per heavy atom. The molecule has 0 radical (unpaired) electrons. The fourth-order valence-electron chi connectivity index (χ4n) is 3.13. The first-order valence-corrected chi connectivity index (χ1v) is 8.78. The summed E-state index contributed by atoms with van der Waals surface area (Å²) in [5, 5.41) is 1.03. The Bertz CT molecular complexity index is 1020. The summed E-state index contributed by atoms with van der Waals surface area (Å²) >= 11 is 0. The molecule has 1 heterocycles. The smallest absolute Gasteiger partial charge is 0.253 e. The average molecular weight is 348 g/mol. The van der Waals surface area contributed by atoms with Crippen molar-refractivity contribution in [1.82, 2.24) is 9.88 Å². The van der Waals surface area contributed by atoms with Crippen molar-refractivity contribution in [2.75, 3.05) is 0 Å². The van der Waals surface area contributed by atoms with Crippen LogP contribution in [0.2, 0.25) is 0 Å². The monoisotopic (exact) mass is 348 g/mol. The Morgan fingerprint density at radius 3 is 2.27 bits per heavy atom. The summed E-state index contributed by atoms with van der Waals surface area (Å²) in [5.74, 6) is -0.0500. The van der Waals surface area contributed by atoms with Crippen LogP contribution in [0.5, 0.6) is 0 Å². The van der Waals surface area contributed by atoms with Gasteiger partial charge < -0.3 is 9.88 Å². The molecule has 3 aromatic rings. The minimum absolute atomic E-state index is 0.0500. The lowest BCUT2D eigenvalue weighted by atomic mass is 10.0. The van der Waals surface area contributed by atoms with Gasteiger partial charge in [0.1, 0.15) is 0 Å². The van der Waals surface area contributed by atoms with E-state index in [9.17, 15) is 9.59 Å². The Balaban J connectivity index is 1.95.